The number of amides is 1. The van der Waals surface area contributed by atoms with E-state index in [4.69, 9.17) is 13.9 Å². The first kappa shape index (κ1) is 31.3. The minimum Gasteiger partial charge on any atom is -0.302 e. The van der Waals surface area contributed by atoms with Gasteiger partial charge in [0.15, 0.2) is 5.78 Å². The fraction of sp³-hybridized carbons (Fsp3) is 0.344. The molecule has 1 aromatic heterocycles. The molecule has 0 saturated heterocycles. The summed E-state index contributed by atoms with van der Waals surface area (Å²) in [6.45, 7) is 8.02. The van der Waals surface area contributed by atoms with Crippen LogP contribution in [0.1, 0.15) is 62.3 Å². The zero-order valence-corrected chi connectivity index (χ0v) is 25.5. The first-order valence-electron chi connectivity index (χ1n) is 14.0. The van der Waals surface area contributed by atoms with Crippen molar-refractivity contribution in [2.75, 3.05) is 6.54 Å². The average molecular weight is 591 g/mol. The lowest BCUT2D eigenvalue weighted by Gasteiger charge is -2.29. The lowest BCUT2D eigenvalue weighted by Crippen LogP contribution is -2.31. The molecule has 0 spiro atoms. The maximum atomic E-state index is 14.8. The van der Waals surface area contributed by atoms with Crippen LogP contribution in [0, 0.1) is 0 Å². The molecule has 0 N–H and O–H groups in total. The predicted octanol–water partition coefficient (Wildman–Crippen LogP) is 7.07. The standard InChI is InChI=1S/C32H39N4O5P/c1-26(37)36(39-23-27-14-8-5-9-15-27)21-20-31(35-22-30(33-34-35)32(2,3)4)42(38,40-24-28-16-10-6-11-17-28)41-25-29-18-12-7-13-19-29/h5-19,22,31H,20-21,23-25H2,1-4H3. The van der Waals surface area contributed by atoms with Crippen LogP contribution in [0.15, 0.2) is 97.2 Å². The van der Waals surface area contributed by atoms with Gasteiger partial charge < -0.3 is 9.05 Å². The highest BCUT2D eigenvalue weighted by molar-refractivity contribution is 7.53. The number of carbonyl (C=O) groups is 1. The van der Waals surface area contributed by atoms with Crippen molar-refractivity contribution in [2.45, 2.75) is 65.1 Å². The Hall–Kier alpha value is -3.62. The van der Waals surface area contributed by atoms with Crippen LogP contribution in [0.3, 0.4) is 0 Å². The lowest BCUT2D eigenvalue weighted by atomic mass is 9.93. The molecule has 0 bridgehead atoms. The summed E-state index contributed by atoms with van der Waals surface area (Å²) in [5.74, 6) is -1.15. The van der Waals surface area contributed by atoms with E-state index in [-0.39, 0.29) is 44.1 Å². The van der Waals surface area contributed by atoms with E-state index >= 15 is 0 Å². The molecule has 42 heavy (non-hydrogen) atoms. The normalized spacial score (nSPS) is 12.7. The number of nitrogens with zero attached hydrogens (tertiary/aromatic N) is 4. The monoisotopic (exact) mass is 590 g/mol. The summed E-state index contributed by atoms with van der Waals surface area (Å²) in [7, 11) is -3.92. The second-order valence-electron chi connectivity index (χ2n) is 11.0. The summed E-state index contributed by atoms with van der Waals surface area (Å²) in [4.78, 5) is 18.4. The van der Waals surface area contributed by atoms with E-state index in [1.807, 2.05) is 112 Å². The Kier molecular flexibility index (Phi) is 10.8. The van der Waals surface area contributed by atoms with Gasteiger partial charge in [-0.25, -0.2) is 9.75 Å². The number of hydrogen-bond acceptors (Lipinski definition) is 7. The topological polar surface area (TPSA) is 95.8 Å². The van der Waals surface area contributed by atoms with Crippen LogP contribution < -0.4 is 0 Å². The van der Waals surface area contributed by atoms with E-state index in [1.165, 1.54) is 12.0 Å². The summed E-state index contributed by atoms with van der Waals surface area (Å²) in [5.41, 5.74) is 3.08. The van der Waals surface area contributed by atoms with Gasteiger partial charge in [0.1, 0.15) is 6.61 Å². The van der Waals surface area contributed by atoms with Crippen LogP contribution >= 0.6 is 7.60 Å². The molecule has 0 aliphatic heterocycles. The largest absolute Gasteiger partial charge is 0.355 e. The molecule has 1 unspecified atom stereocenters. The van der Waals surface area contributed by atoms with Gasteiger partial charge in [-0.1, -0.05) is 117 Å². The maximum Gasteiger partial charge on any atom is 0.355 e. The molecule has 1 amide bonds. The first-order chi connectivity index (χ1) is 20.1. The predicted molar refractivity (Wildman–Crippen MR) is 161 cm³/mol. The van der Waals surface area contributed by atoms with Gasteiger partial charge in [-0.05, 0) is 16.7 Å². The number of aromatic nitrogens is 3. The fourth-order valence-electron chi connectivity index (χ4n) is 4.16. The molecule has 3 aromatic carbocycles. The summed E-state index contributed by atoms with van der Waals surface area (Å²) in [5, 5.41) is 10.0. The maximum absolute atomic E-state index is 14.8. The highest BCUT2D eigenvalue weighted by Gasteiger charge is 2.40. The van der Waals surface area contributed by atoms with Gasteiger partial charge in [0.25, 0.3) is 0 Å². The zero-order chi connectivity index (χ0) is 30.0. The number of hydroxylamine groups is 2. The SMILES string of the molecule is CC(=O)N(CCC(n1cc(C(C)(C)C)nn1)P(=O)(OCc1ccccc1)OCc1ccccc1)OCc1ccccc1. The third-order valence-electron chi connectivity index (χ3n) is 6.63. The van der Waals surface area contributed by atoms with Crippen molar-refractivity contribution in [3.05, 3.63) is 120 Å². The molecule has 1 heterocycles. The molecule has 0 saturated carbocycles. The minimum atomic E-state index is -3.92. The van der Waals surface area contributed by atoms with E-state index in [1.54, 1.807) is 10.9 Å². The van der Waals surface area contributed by atoms with Gasteiger partial charge in [0.05, 0.1) is 31.6 Å². The number of rotatable bonds is 14. The molecule has 0 radical (unpaired) electrons. The molecular formula is C32H39N4O5P. The average Bonchev–Trinajstić information content (AvgIpc) is 3.49. The van der Waals surface area contributed by atoms with Crippen molar-refractivity contribution in [1.82, 2.24) is 20.1 Å². The van der Waals surface area contributed by atoms with Crippen LogP contribution in [-0.2, 0) is 48.5 Å². The van der Waals surface area contributed by atoms with E-state index < -0.39 is 13.4 Å². The van der Waals surface area contributed by atoms with Crippen LogP contribution in [0.2, 0.25) is 0 Å². The molecule has 0 fully saturated rings. The van der Waals surface area contributed by atoms with E-state index in [2.05, 4.69) is 10.3 Å². The van der Waals surface area contributed by atoms with Gasteiger partial charge in [-0.15, -0.1) is 5.10 Å². The molecule has 0 aliphatic carbocycles. The molecule has 10 heteroatoms. The highest BCUT2D eigenvalue weighted by atomic mass is 31.2. The van der Waals surface area contributed by atoms with Gasteiger partial charge in [-0.3, -0.25) is 14.2 Å². The number of carbonyl (C=O) groups excluding carboxylic acids is 1. The smallest absolute Gasteiger partial charge is 0.302 e. The summed E-state index contributed by atoms with van der Waals surface area (Å²) in [6.07, 6.45) is 1.96. The molecule has 4 aromatic rings. The molecule has 4 rings (SSSR count). The lowest BCUT2D eigenvalue weighted by molar-refractivity contribution is -0.189. The number of hydrogen-bond donors (Lipinski definition) is 0. The van der Waals surface area contributed by atoms with Gasteiger partial charge in [0.2, 0.25) is 5.91 Å². The van der Waals surface area contributed by atoms with Crippen molar-refractivity contribution in [3.8, 4) is 0 Å². The molecular weight excluding hydrogens is 551 g/mol. The van der Waals surface area contributed by atoms with Crippen molar-refractivity contribution < 1.29 is 23.2 Å². The summed E-state index contributed by atoms with van der Waals surface area (Å²) >= 11 is 0. The fourth-order valence-corrected chi connectivity index (χ4v) is 6.07. The molecule has 222 valence electrons. The Morgan fingerprint density at radius 3 is 1.74 bits per heavy atom. The Labute approximate surface area is 247 Å². The van der Waals surface area contributed by atoms with E-state index in [0.29, 0.717) is 0 Å². The quantitative estimate of drug-likeness (QED) is 0.114. The van der Waals surface area contributed by atoms with E-state index in [0.717, 1.165) is 22.4 Å². The van der Waals surface area contributed by atoms with Crippen LogP contribution in [0.25, 0.3) is 0 Å². The third kappa shape index (κ3) is 8.94. The van der Waals surface area contributed by atoms with Crippen LogP contribution in [0.4, 0.5) is 0 Å². The molecule has 0 aliphatic rings. The molecule has 1 atom stereocenters. The van der Waals surface area contributed by atoms with Crippen molar-refractivity contribution in [1.29, 1.82) is 0 Å². The van der Waals surface area contributed by atoms with Crippen LogP contribution in [-0.4, -0.2) is 32.5 Å². The summed E-state index contributed by atoms with van der Waals surface area (Å²) in [6, 6.07) is 28.6. The highest BCUT2D eigenvalue weighted by Crippen LogP contribution is 2.61. The second-order valence-corrected chi connectivity index (χ2v) is 13.2. The third-order valence-corrected chi connectivity index (χ3v) is 8.83. The Morgan fingerprint density at radius 2 is 1.31 bits per heavy atom. The zero-order valence-electron chi connectivity index (χ0n) is 24.6. The van der Waals surface area contributed by atoms with Crippen molar-refractivity contribution in [3.63, 3.8) is 0 Å². The van der Waals surface area contributed by atoms with Crippen molar-refractivity contribution >= 4 is 13.5 Å². The second kappa shape index (κ2) is 14.5. The molecule has 9 nitrogen and oxygen atoms in total. The number of benzene rings is 3. The Bertz CT molecular complexity index is 1390. The van der Waals surface area contributed by atoms with Gasteiger partial charge in [0, 0.05) is 18.8 Å². The first-order valence-corrected chi connectivity index (χ1v) is 15.6. The van der Waals surface area contributed by atoms with Crippen LogP contribution in [0.5, 0.6) is 0 Å². The Balaban J connectivity index is 1.63. The minimum absolute atomic E-state index is 0.0746. The Morgan fingerprint density at radius 1 is 0.833 bits per heavy atom. The van der Waals surface area contributed by atoms with Gasteiger partial charge >= 0.3 is 7.60 Å². The van der Waals surface area contributed by atoms with E-state index in [9.17, 15) is 9.36 Å². The van der Waals surface area contributed by atoms with Crippen molar-refractivity contribution in [2.24, 2.45) is 0 Å². The van der Waals surface area contributed by atoms with Gasteiger partial charge in [-0.2, -0.15) is 0 Å². The summed E-state index contributed by atoms with van der Waals surface area (Å²) < 4.78 is 28.7.